The molecule has 1 aliphatic rings. The largest absolute Gasteiger partial charge is 0.351 e. The van der Waals surface area contributed by atoms with Crippen LogP contribution in [0.25, 0.3) is 11.0 Å². The van der Waals surface area contributed by atoms with Crippen LogP contribution in [0.3, 0.4) is 0 Å². The van der Waals surface area contributed by atoms with Crippen molar-refractivity contribution in [2.45, 2.75) is 51.4 Å². The third kappa shape index (κ3) is 3.61. The number of hydrogen-bond acceptors (Lipinski definition) is 3. The van der Waals surface area contributed by atoms with E-state index < -0.39 is 0 Å². The summed E-state index contributed by atoms with van der Waals surface area (Å²) in [5.41, 5.74) is 2.01. The lowest BCUT2D eigenvalue weighted by molar-refractivity contribution is -0.123. The van der Waals surface area contributed by atoms with Gasteiger partial charge in [0.1, 0.15) is 12.4 Å². The third-order valence-electron chi connectivity index (χ3n) is 5.18. The molecule has 1 heterocycles. The van der Waals surface area contributed by atoms with Crippen molar-refractivity contribution in [1.29, 1.82) is 0 Å². The summed E-state index contributed by atoms with van der Waals surface area (Å²) in [7, 11) is 0. The summed E-state index contributed by atoms with van der Waals surface area (Å²) in [5, 5.41) is 3.30. The summed E-state index contributed by atoms with van der Waals surface area (Å²) >= 11 is 1.73. The zero-order valence-corrected chi connectivity index (χ0v) is 15.6. The van der Waals surface area contributed by atoms with Crippen LogP contribution in [0.15, 0.2) is 24.3 Å². The van der Waals surface area contributed by atoms with Crippen molar-refractivity contribution in [3.63, 3.8) is 0 Å². The highest BCUT2D eigenvalue weighted by Crippen LogP contribution is 2.29. The average molecular weight is 346 g/mol. The summed E-state index contributed by atoms with van der Waals surface area (Å²) in [6.07, 6.45) is 5.76. The van der Waals surface area contributed by atoms with E-state index in [9.17, 15) is 4.79 Å². The Bertz CT molecular complexity index is 702. The molecule has 3 rings (SSSR count). The Morgan fingerprint density at radius 1 is 1.29 bits per heavy atom. The Labute approximate surface area is 148 Å². The van der Waals surface area contributed by atoms with Crippen molar-refractivity contribution in [3.8, 4) is 0 Å². The van der Waals surface area contributed by atoms with Crippen LogP contribution >= 0.6 is 11.8 Å². The van der Waals surface area contributed by atoms with Gasteiger partial charge in [-0.2, -0.15) is 11.8 Å². The van der Waals surface area contributed by atoms with E-state index in [1.54, 1.807) is 11.8 Å². The Balaban J connectivity index is 1.78. The van der Waals surface area contributed by atoms with E-state index in [4.69, 9.17) is 4.98 Å². The summed E-state index contributed by atoms with van der Waals surface area (Å²) in [5.74, 6) is 3.01. The first-order valence-electron chi connectivity index (χ1n) is 8.82. The molecule has 1 aromatic heterocycles. The summed E-state index contributed by atoms with van der Waals surface area (Å²) in [6.45, 7) is 4.87. The summed E-state index contributed by atoms with van der Waals surface area (Å²) < 4.78 is 2.07. The van der Waals surface area contributed by atoms with Crippen molar-refractivity contribution in [3.05, 3.63) is 30.1 Å². The third-order valence-corrected chi connectivity index (χ3v) is 5.73. The fraction of sp³-hybridized carbons (Fsp3) is 0.579. The minimum Gasteiger partial charge on any atom is -0.351 e. The van der Waals surface area contributed by atoms with Gasteiger partial charge in [0, 0.05) is 6.04 Å². The maximum atomic E-state index is 12.7. The van der Waals surface area contributed by atoms with Crippen molar-refractivity contribution in [2.24, 2.45) is 11.8 Å². The van der Waals surface area contributed by atoms with Crippen molar-refractivity contribution < 1.29 is 4.79 Å². The highest BCUT2D eigenvalue weighted by atomic mass is 32.2. The molecular formula is C19H27N3OS. The highest BCUT2D eigenvalue weighted by molar-refractivity contribution is 7.97. The number of aromatic nitrogens is 2. The van der Waals surface area contributed by atoms with Gasteiger partial charge in [0.15, 0.2) is 0 Å². The first-order valence-corrected chi connectivity index (χ1v) is 10.2. The molecule has 0 aliphatic heterocycles. The van der Waals surface area contributed by atoms with E-state index >= 15 is 0 Å². The lowest BCUT2D eigenvalue weighted by Gasteiger charge is -2.35. The fourth-order valence-electron chi connectivity index (χ4n) is 3.88. The normalized spacial score (nSPS) is 24.2. The maximum absolute atomic E-state index is 12.7. The number of carbonyl (C=O) groups is 1. The lowest BCUT2D eigenvalue weighted by Crippen LogP contribution is -2.46. The molecule has 0 spiro atoms. The summed E-state index contributed by atoms with van der Waals surface area (Å²) in [6, 6.07) is 8.36. The number of rotatable bonds is 5. The molecule has 1 aromatic carbocycles. The van der Waals surface area contributed by atoms with Gasteiger partial charge in [-0.05, 0) is 43.1 Å². The van der Waals surface area contributed by atoms with E-state index in [0.717, 1.165) is 22.6 Å². The number of imidazole rings is 1. The predicted octanol–water partition coefficient (Wildman–Crippen LogP) is 3.84. The Morgan fingerprint density at radius 3 is 2.71 bits per heavy atom. The molecule has 1 saturated carbocycles. The molecule has 2 unspecified atom stereocenters. The first kappa shape index (κ1) is 17.3. The van der Waals surface area contributed by atoms with Gasteiger partial charge in [-0.1, -0.05) is 32.4 Å². The Kier molecular flexibility index (Phi) is 5.49. The molecule has 2 atom stereocenters. The standard InChI is InChI=1S/C19H27N3OS/c1-13-7-6-8-14(2)19(13)21-18(23)11-22-16-10-5-4-9-15(16)20-17(22)12-24-3/h4-5,9-10,13-14,19H,6-8,11-12H2,1-3H3,(H,21,23). The molecule has 4 nitrogen and oxygen atoms in total. The number of benzene rings is 1. The molecule has 1 N–H and O–H groups in total. The first-order chi connectivity index (χ1) is 11.6. The second-order valence-corrected chi connectivity index (χ2v) is 7.88. The van der Waals surface area contributed by atoms with E-state index in [2.05, 4.69) is 30.0 Å². The minimum atomic E-state index is 0.103. The number of nitrogens with zero attached hydrogens (tertiary/aromatic N) is 2. The van der Waals surface area contributed by atoms with Gasteiger partial charge in [-0.25, -0.2) is 4.98 Å². The molecule has 1 amide bonds. The van der Waals surface area contributed by atoms with Crippen LogP contribution < -0.4 is 5.32 Å². The quantitative estimate of drug-likeness (QED) is 0.895. The molecule has 5 heteroatoms. The lowest BCUT2D eigenvalue weighted by atomic mass is 9.79. The number of thioether (sulfide) groups is 1. The smallest absolute Gasteiger partial charge is 0.240 e. The van der Waals surface area contributed by atoms with E-state index in [1.807, 2.05) is 24.3 Å². The fourth-order valence-corrected chi connectivity index (χ4v) is 4.36. The zero-order chi connectivity index (χ0) is 17.1. The monoisotopic (exact) mass is 345 g/mol. The molecule has 0 radical (unpaired) electrons. The van der Waals surface area contributed by atoms with Gasteiger partial charge in [0.05, 0.1) is 16.8 Å². The number of amides is 1. The molecule has 24 heavy (non-hydrogen) atoms. The Morgan fingerprint density at radius 2 is 2.00 bits per heavy atom. The van der Waals surface area contributed by atoms with Crippen LogP contribution in [-0.2, 0) is 17.1 Å². The predicted molar refractivity (Wildman–Crippen MR) is 101 cm³/mol. The van der Waals surface area contributed by atoms with Gasteiger partial charge in [0.25, 0.3) is 0 Å². The summed E-state index contributed by atoms with van der Waals surface area (Å²) in [4.78, 5) is 17.4. The second-order valence-electron chi connectivity index (χ2n) is 7.01. The van der Waals surface area contributed by atoms with Gasteiger partial charge in [-0.15, -0.1) is 0 Å². The number of para-hydroxylation sites is 2. The van der Waals surface area contributed by atoms with Gasteiger partial charge in [-0.3, -0.25) is 4.79 Å². The van der Waals surface area contributed by atoms with Crippen LogP contribution in [0.2, 0.25) is 0 Å². The maximum Gasteiger partial charge on any atom is 0.240 e. The average Bonchev–Trinajstić information content (AvgIpc) is 2.89. The van der Waals surface area contributed by atoms with Crippen LogP contribution in [0.4, 0.5) is 0 Å². The molecule has 1 aliphatic carbocycles. The molecule has 2 aromatic rings. The van der Waals surface area contributed by atoms with Crippen molar-refractivity contribution >= 4 is 28.7 Å². The number of hydrogen-bond donors (Lipinski definition) is 1. The van der Waals surface area contributed by atoms with E-state index in [0.29, 0.717) is 24.4 Å². The molecular weight excluding hydrogens is 318 g/mol. The zero-order valence-electron chi connectivity index (χ0n) is 14.8. The second kappa shape index (κ2) is 7.60. The van der Waals surface area contributed by atoms with Crippen LogP contribution in [0.5, 0.6) is 0 Å². The Hall–Kier alpha value is -1.49. The number of carbonyl (C=O) groups excluding carboxylic acids is 1. The van der Waals surface area contributed by atoms with Crippen LogP contribution in [0, 0.1) is 11.8 Å². The van der Waals surface area contributed by atoms with E-state index in [-0.39, 0.29) is 5.91 Å². The van der Waals surface area contributed by atoms with Crippen molar-refractivity contribution in [2.75, 3.05) is 6.26 Å². The van der Waals surface area contributed by atoms with Crippen molar-refractivity contribution in [1.82, 2.24) is 14.9 Å². The number of nitrogens with one attached hydrogen (secondary N) is 1. The van der Waals surface area contributed by atoms with Crippen LogP contribution in [0.1, 0.15) is 38.9 Å². The van der Waals surface area contributed by atoms with Crippen LogP contribution in [-0.4, -0.2) is 27.8 Å². The highest BCUT2D eigenvalue weighted by Gasteiger charge is 2.29. The number of fused-ring (bicyclic) bond motifs is 1. The van der Waals surface area contributed by atoms with Gasteiger partial charge >= 0.3 is 0 Å². The minimum absolute atomic E-state index is 0.103. The SMILES string of the molecule is CSCc1nc2ccccc2n1CC(=O)NC1C(C)CCCC1C. The van der Waals surface area contributed by atoms with Gasteiger partial charge in [0.2, 0.25) is 5.91 Å². The van der Waals surface area contributed by atoms with Gasteiger partial charge < -0.3 is 9.88 Å². The molecule has 130 valence electrons. The van der Waals surface area contributed by atoms with E-state index in [1.165, 1.54) is 19.3 Å². The molecule has 0 bridgehead atoms. The topological polar surface area (TPSA) is 46.9 Å². The molecule has 0 saturated heterocycles. The molecule has 1 fully saturated rings.